The van der Waals surface area contributed by atoms with Gasteiger partial charge in [0.25, 0.3) is 5.56 Å². The number of aromatic amines is 1. The number of benzene rings is 1. The standard InChI is InChI=1S/C18H15FN4O4S/c1-8-7-11(17(26)27-2)12-15(21-8)22-18(23-16(12)25)28-13(14(20)24)9-3-5-10(19)6-4-9/h3-7,13H,1-2H3,(H2,20,24)(H,21,22,23,25). The van der Waals surface area contributed by atoms with Crippen LogP contribution in [0.15, 0.2) is 40.3 Å². The molecule has 0 radical (unpaired) electrons. The van der Waals surface area contributed by atoms with E-state index in [1.165, 1.54) is 37.4 Å². The molecule has 8 nitrogen and oxygen atoms in total. The number of halogens is 1. The third kappa shape index (κ3) is 3.86. The maximum Gasteiger partial charge on any atom is 0.338 e. The Balaban J connectivity index is 2.08. The van der Waals surface area contributed by atoms with Crippen molar-refractivity contribution in [3.8, 4) is 0 Å². The SMILES string of the molecule is COC(=O)c1cc(C)nc2nc(SC(C(N)=O)c3ccc(F)cc3)[nH]c(=O)c12. The molecule has 0 aliphatic rings. The van der Waals surface area contributed by atoms with Gasteiger partial charge in [-0.3, -0.25) is 9.59 Å². The number of thioether (sulfide) groups is 1. The van der Waals surface area contributed by atoms with Gasteiger partial charge in [0.05, 0.1) is 18.1 Å². The summed E-state index contributed by atoms with van der Waals surface area (Å²) >= 11 is 0.891. The van der Waals surface area contributed by atoms with E-state index in [1.807, 2.05) is 0 Å². The van der Waals surface area contributed by atoms with Crippen LogP contribution in [0.4, 0.5) is 4.39 Å². The number of esters is 1. The molecule has 0 aliphatic heterocycles. The van der Waals surface area contributed by atoms with Gasteiger partial charge in [-0.1, -0.05) is 23.9 Å². The third-order valence-electron chi connectivity index (χ3n) is 3.85. The second-order valence-corrected chi connectivity index (χ2v) is 6.92. The monoisotopic (exact) mass is 402 g/mol. The number of hydrogen-bond donors (Lipinski definition) is 2. The van der Waals surface area contributed by atoms with Gasteiger partial charge in [-0.2, -0.15) is 0 Å². The number of carbonyl (C=O) groups is 2. The van der Waals surface area contributed by atoms with Crippen molar-refractivity contribution in [1.29, 1.82) is 0 Å². The van der Waals surface area contributed by atoms with E-state index in [-0.39, 0.29) is 21.8 Å². The highest BCUT2D eigenvalue weighted by molar-refractivity contribution is 8.00. The van der Waals surface area contributed by atoms with Crippen molar-refractivity contribution in [3.63, 3.8) is 0 Å². The Morgan fingerprint density at radius 1 is 1.25 bits per heavy atom. The first-order valence-corrected chi connectivity index (χ1v) is 8.89. The number of nitrogens with zero attached hydrogens (tertiary/aromatic N) is 2. The van der Waals surface area contributed by atoms with E-state index < -0.39 is 28.5 Å². The van der Waals surface area contributed by atoms with Crippen molar-refractivity contribution in [2.45, 2.75) is 17.3 Å². The topological polar surface area (TPSA) is 128 Å². The molecule has 3 rings (SSSR count). The van der Waals surface area contributed by atoms with Crippen LogP contribution in [0.2, 0.25) is 0 Å². The Morgan fingerprint density at radius 2 is 1.93 bits per heavy atom. The van der Waals surface area contributed by atoms with Crippen molar-refractivity contribution in [2.24, 2.45) is 5.73 Å². The number of aryl methyl sites for hydroxylation is 1. The first-order valence-electron chi connectivity index (χ1n) is 8.01. The molecule has 2 aromatic heterocycles. The van der Waals surface area contributed by atoms with E-state index in [4.69, 9.17) is 10.5 Å². The van der Waals surface area contributed by atoms with Crippen LogP contribution in [0.25, 0.3) is 11.0 Å². The van der Waals surface area contributed by atoms with Crippen molar-refractivity contribution in [1.82, 2.24) is 15.0 Å². The molecule has 1 amide bonds. The summed E-state index contributed by atoms with van der Waals surface area (Å²) in [6, 6.07) is 6.69. The molecule has 28 heavy (non-hydrogen) atoms. The van der Waals surface area contributed by atoms with Crippen LogP contribution in [0.5, 0.6) is 0 Å². The average Bonchev–Trinajstić information content (AvgIpc) is 2.65. The Morgan fingerprint density at radius 3 is 2.54 bits per heavy atom. The van der Waals surface area contributed by atoms with Crippen molar-refractivity contribution in [3.05, 3.63) is 63.3 Å². The minimum Gasteiger partial charge on any atom is -0.465 e. The number of methoxy groups -OCH3 is 1. The maximum atomic E-state index is 13.1. The molecule has 0 aliphatic carbocycles. The van der Waals surface area contributed by atoms with Gasteiger partial charge in [-0.15, -0.1) is 0 Å². The number of fused-ring (bicyclic) bond motifs is 1. The second-order valence-electron chi connectivity index (χ2n) is 5.82. The number of carbonyl (C=O) groups excluding carboxylic acids is 2. The normalized spacial score (nSPS) is 12.0. The van der Waals surface area contributed by atoms with Crippen LogP contribution in [0, 0.1) is 12.7 Å². The first kappa shape index (κ1) is 19.5. The van der Waals surface area contributed by atoms with E-state index in [2.05, 4.69) is 15.0 Å². The van der Waals surface area contributed by atoms with Crippen molar-refractivity contribution in [2.75, 3.05) is 7.11 Å². The molecule has 1 atom stereocenters. The lowest BCUT2D eigenvalue weighted by Gasteiger charge is -2.13. The number of pyridine rings is 1. The number of ether oxygens (including phenoxy) is 1. The van der Waals surface area contributed by atoms with Gasteiger partial charge in [-0.05, 0) is 30.7 Å². The number of nitrogens with one attached hydrogen (secondary N) is 1. The number of nitrogens with two attached hydrogens (primary N) is 1. The summed E-state index contributed by atoms with van der Waals surface area (Å²) < 4.78 is 17.9. The summed E-state index contributed by atoms with van der Waals surface area (Å²) in [5, 5.41) is -0.843. The number of hydrogen-bond acceptors (Lipinski definition) is 7. The molecule has 3 aromatic rings. The second kappa shape index (κ2) is 7.77. The summed E-state index contributed by atoms with van der Waals surface area (Å²) in [6.45, 7) is 1.65. The van der Waals surface area contributed by atoms with Gasteiger partial charge in [0.15, 0.2) is 10.8 Å². The molecule has 10 heteroatoms. The van der Waals surface area contributed by atoms with E-state index in [9.17, 15) is 18.8 Å². The lowest BCUT2D eigenvalue weighted by Crippen LogP contribution is -2.21. The van der Waals surface area contributed by atoms with Crippen LogP contribution in [-0.2, 0) is 9.53 Å². The molecular weight excluding hydrogens is 387 g/mol. The quantitative estimate of drug-likeness (QED) is 0.379. The molecule has 1 unspecified atom stereocenters. The third-order valence-corrected chi connectivity index (χ3v) is 5.01. The number of aromatic nitrogens is 3. The molecule has 3 N–H and O–H groups in total. The molecule has 0 saturated heterocycles. The summed E-state index contributed by atoms with van der Waals surface area (Å²) in [5.74, 6) is -1.83. The molecule has 0 fully saturated rings. The van der Waals surface area contributed by atoms with Gasteiger partial charge in [0, 0.05) is 5.69 Å². The molecule has 2 heterocycles. The number of primary amides is 1. The van der Waals surface area contributed by atoms with Gasteiger partial charge in [0.2, 0.25) is 5.91 Å². The predicted octanol–water partition coefficient (Wildman–Crippen LogP) is 1.87. The Bertz CT molecular complexity index is 1130. The maximum absolute atomic E-state index is 13.1. The number of amides is 1. The minimum atomic E-state index is -0.911. The summed E-state index contributed by atoms with van der Waals surface area (Å²) in [6.07, 6.45) is 0. The smallest absolute Gasteiger partial charge is 0.338 e. The van der Waals surface area contributed by atoms with Crippen LogP contribution in [-0.4, -0.2) is 33.9 Å². The molecule has 0 bridgehead atoms. The number of H-pyrrole nitrogens is 1. The van der Waals surface area contributed by atoms with E-state index in [0.717, 1.165) is 11.8 Å². The van der Waals surface area contributed by atoms with Gasteiger partial charge < -0.3 is 15.5 Å². The van der Waals surface area contributed by atoms with Gasteiger partial charge in [-0.25, -0.2) is 19.2 Å². The highest BCUT2D eigenvalue weighted by atomic mass is 32.2. The summed E-state index contributed by atoms with van der Waals surface area (Å²) in [5.41, 5.74) is 5.85. The Kier molecular flexibility index (Phi) is 5.41. The Hall–Kier alpha value is -3.27. The largest absolute Gasteiger partial charge is 0.465 e. The lowest BCUT2D eigenvalue weighted by atomic mass is 10.1. The van der Waals surface area contributed by atoms with Crippen LogP contribution >= 0.6 is 11.8 Å². The highest BCUT2D eigenvalue weighted by Crippen LogP contribution is 2.33. The zero-order valence-corrected chi connectivity index (χ0v) is 15.7. The van der Waals surface area contributed by atoms with Gasteiger partial charge in [0.1, 0.15) is 11.1 Å². The fraction of sp³-hybridized carbons (Fsp3) is 0.167. The van der Waals surface area contributed by atoms with E-state index >= 15 is 0 Å². The van der Waals surface area contributed by atoms with E-state index in [0.29, 0.717) is 11.3 Å². The molecule has 1 aromatic carbocycles. The lowest BCUT2D eigenvalue weighted by molar-refractivity contribution is -0.117. The fourth-order valence-corrected chi connectivity index (χ4v) is 3.54. The van der Waals surface area contributed by atoms with Crippen LogP contribution in [0.1, 0.15) is 26.9 Å². The van der Waals surface area contributed by atoms with E-state index in [1.54, 1.807) is 6.92 Å². The van der Waals surface area contributed by atoms with Crippen LogP contribution in [0.3, 0.4) is 0 Å². The molecular formula is C18H15FN4O4S. The minimum absolute atomic E-state index is 0.0146. The molecule has 0 spiro atoms. The zero-order chi connectivity index (χ0) is 20.4. The Labute approximate surface area is 162 Å². The predicted molar refractivity (Wildman–Crippen MR) is 100 cm³/mol. The van der Waals surface area contributed by atoms with Crippen molar-refractivity contribution < 1.29 is 18.7 Å². The average molecular weight is 402 g/mol. The van der Waals surface area contributed by atoms with Crippen molar-refractivity contribution >= 4 is 34.7 Å². The summed E-state index contributed by atoms with van der Waals surface area (Å²) in [4.78, 5) is 47.4. The van der Waals surface area contributed by atoms with Gasteiger partial charge >= 0.3 is 5.97 Å². The molecule has 144 valence electrons. The summed E-state index contributed by atoms with van der Waals surface area (Å²) in [7, 11) is 1.20. The zero-order valence-electron chi connectivity index (χ0n) is 14.9. The first-order chi connectivity index (χ1) is 13.3. The number of rotatable bonds is 5. The molecule has 0 saturated carbocycles. The highest BCUT2D eigenvalue weighted by Gasteiger charge is 2.23. The fourth-order valence-electron chi connectivity index (χ4n) is 2.61. The van der Waals surface area contributed by atoms with Crippen LogP contribution < -0.4 is 11.3 Å².